The lowest BCUT2D eigenvalue weighted by Gasteiger charge is -2.20. The molecule has 1 fully saturated rings. The number of hydrogen-bond acceptors (Lipinski definition) is 5. The monoisotopic (exact) mass is 346 g/mol. The standard InChI is InChI=1S/C17H26N6O2/c1-10(2)16-20-14(21-22-16)9-18-17(24)12-6-8-25-15(12)13-5-7-19-23(13)11(3)4/h5,7,10-12,15H,6,8-9H2,1-4H3,(H,18,24)(H,20,21,22)/t12-,15-/m1/s1. The molecule has 8 heteroatoms. The summed E-state index contributed by atoms with van der Waals surface area (Å²) in [6.07, 6.45) is 2.20. The molecule has 0 aliphatic carbocycles. The average molecular weight is 346 g/mol. The van der Waals surface area contributed by atoms with Crippen LogP contribution in [0.15, 0.2) is 12.3 Å². The van der Waals surface area contributed by atoms with Gasteiger partial charge in [0.05, 0.1) is 18.2 Å². The van der Waals surface area contributed by atoms with E-state index >= 15 is 0 Å². The molecule has 2 aromatic heterocycles. The number of H-pyrrole nitrogens is 1. The molecule has 2 atom stereocenters. The zero-order valence-corrected chi connectivity index (χ0v) is 15.2. The quantitative estimate of drug-likeness (QED) is 0.835. The first-order valence-electron chi connectivity index (χ1n) is 8.81. The predicted molar refractivity (Wildman–Crippen MR) is 91.7 cm³/mol. The van der Waals surface area contributed by atoms with Gasteiger partial charge in [-0.05, 0) is 26.3 Å². The molecule has 0 bridgehead atoms. The molecule has 1 aliphatic rings. The van der Waals surface area contributed by atoms with E-state index in [0.29, 0.717) is 25.4 Å². The summed E-state index contributed by atoms with van der Waals surface area (Å²) < 4.78 is 7.77. The summed E-state index contributed by atoms with van der Waals surface area (Å²) in [5.74, 6) is 1.43. The van der Waals surface area contributed by atoms with Crippen molar-refractivity contribution >= 4 is 5.91 Å². The highest BCUT2D eigenvalue weighted by Gasteiger charge is 2.37. The Balaban J connectivity index is 1.65. The third-order valence-electron chi connectivity index (χ3n) is 4.41. The van der Waals surface area contributed by atoms with E-state index in [9.17, 15) is 4.79 Å². The van der Waals surface area contributed by atoms with Crippen LogP contribution in [0.4, 0.5) is 0 Å². The normalized spacial score (nSPS) is 20.6. The minimum absolute atomic E-state index is 0.0264. The van der Waals surface area contributed by atoms with E-state index in [1.807, 2.05) is 24.6 Å². The van der Waals surface area contributed by atoms with Crippen molar-refractivity contribution in [2.45, 2.75) is 58.7 Å². The first-order valence-corrected chi connectivity index (χ1v) is 8.81. The van der Waals surface area contributed by atoms with Gasteiger partial charge in [-0.1, -0.05) is 13.8 Å². The Hall–Kier alpha value is -2.22. The van der Waals surface area contributed by atoms with Gasteiger partial charge in [-0.2, -0.15) is 10.2 Å². The number of aromatic nitrogens is 5. The van der Waals surface area contributed by atoms with Crippen molar-refractivity contribution in [2.24, 2.45) is 5.92 Å². The van der Waals surface area contributed by atoms with Crippen LogP contribution in [0.5, 0.6) is 0 Å². The second kappa shape index (κ2) is 7.35. The number of hydrogen-bond donors (Lipinski definition) is 2. The molecule has 1 saturated heterocycles. The summed E-state index contributed by atoms with van der Waals surface area (Å²) in [5, 5.41) is 14.3. The number of ether oxygens (including phenoxy) is 1. The van der Waals surface area contributed by atoms with Crippen molar-refractivity contribution in [3.8, 4) is 0 Å². The van der Waals surface area contributed by atoms with Gasteiger partial charge in [0.25, 0.3) is 0 Å². The molecule has 2 N–H and O–H groups in total. The van der Waals surface area contributed by atoms with Crippen molar-refractivity contribution in [3.05, 3.63) is 29.6 Å². The molecule has 0 spiro atoms. The molecule has 0 unspecified atom stereocenters. The van der Waals surface area contributed by atoms with E-state index in [1.165, 1.54) is 0 Å². The molecule has 2 aromatic rings. The second-order valence-corrected chi connectivity index (χ2v) is 6.99. The summed E-state index contributed by atoms with van der Waals surface area (Å²) >= 11 is 0. The SMILES string of the molecule is CC(C)c1n[nH]c(CNC(=O)[C@@H]2CCO[C@H]2c2ccnn2C(C)C)n1. The van der Waals surface area contributed by atoms with Crippen molar-refractivity contribution in [1.82, 2.24) is 30.3 Å². The number of carbonyl (C=O) groups excluding carboxylic acids is 1. The molecule has 0 aromatic carbocycles. The van der Waals surface area contributed by atoms with Gasteiger partial charge in [0.1, 0.15) is 11.9 Å². The lowest BCUT2D eigenvalue weighted by Crippen LogP contribution is -2.33. The van der Waals surface area contributed by atoms with Gasteiger partial charge in [0.15, 0.2) is 5.82 Å². The van der Waals surface area contributed by atoms with E-state index in [0.717, 1.165) is 11.5 Å². The van der Waals surface area contributed by atoms with Gasteiger partial charge in [0, 0.05) is 24.8 Å². The van der Waals surface area contributed by atoms with Crippen LogP contribution in [0.25, 0.3) is 0 Å². The predicted octanol–water partition coefficient (Wildman–Crippen LogP) is 2.10. The van der Waals surface area contributed by atoms with Crippen LogP contribution in [-0.4, -0.2) is 37.5 Å². The van der Waals surface area contributed by atoms with E-state index < -0.39 is 0 Å². The van der Waals surface area contributed by atoms with Crippen LogP contribution >= 0.6 is 0 Å². The third-order valence-corrected chi connectivity index (χ3v) is 4.41. The molecule has 3 heterocycles. The summed E-state index contributed by atoms with van der Waals surface area (Å²) in [6.45, 7) is 9.11. The van der Waals surface area contributed by atoms with Gasteiger partial charge >= 0.3 is 0 Å². The fraction of sp³-hybridized carbons (Fsp3) is 0.647. The highest BCUT2D eigenvalue weighted by atomic mass is 16.5. The lowest BCUT2D eigenvalue weighted by atomic mass is 9.97. The Morgan fingerprint density at radius 3 is 2.92 bits per heavy atom. The maximum Gasteiger partial charge on any atom is 0.226 e. The van der Waals surface area contributed by atoms with Crippen LogP contribution in [0.2, 0.25) is 0 Å². The topological polar surface area (TPSA) is 97.7 Å². The van der Waals surface area contributed by atoms with Crippen molar-refractivity contribution < 1.29 is 9.53 Å². The molecule has 1 aliphatic heterocycles. The summed E-state index contributed by atoms with van der Waals surface area (Å²) in [6, 6.07) is 2.16. The highest BCUT2D eigenvalue weighted by Crippen LogP contribution is 2.35. The van der Waals surface area contributed by atoms with Gasteiger partial charge < -0.3 is 10.1 Å². The third kappa shape index (κ3) is 3.73. The van der Waals surface area contributed by atoms with Gasteiger partial charge in [-0.15, -0.1) is 0 Å². The number of carbonyl (C=O) groups is 1. The van der Waals surface area contributed by atoms with E-state index in [2.05, 4.69) is 39.4 Å². The number of amides is 1. The van der Waals surface area contributed by atoms with E-state index in [4.69, 9.17) is 4.74 Å². The van der Waals surface area contributed by atoms with E-state index in [-0.39, 0.29) is 29.9 Å². The van der Waals surface area contributed by atoms with Gasteiger partial charge in [-0.25, -0.2) is 4.98 Å². The zero-order valence-electron chi connectivity index (χ0n) is 15.2. The maximum absolute atomic E-state index is 12.7. The highest BCUT2D eigenvalue weighted by molar-refractivity contribution is 5.79. The zero-order chi connectivity index (χ0) is 18.0. The molecule has 8 nitrogen and oxygen atoms in total. The molecule has 25 heavy (non-hydrogen) atoms. The van der Waals surface area contributed by atoms with Crippen LogP contribution in [0.3, 0.4) is 0 Å². The largest absolute Gasteiger partial charge is 0.371 e. The smallest absolute Gasteiger partial charge is 0.226 e. The fourth-order valence-corrected chi connectivity index (χ4v) is 3.08. The first-order chi connectivity index (χ1) is 12.0. The Morgan fingerprint density at radius 2 is 2.24 bits per heavy atom. The number of aromatic amines is 1. The minimum atomic E-state index is -0.258. The molecular weight excluding hydrogens is 320 g/mol. The van der Waals surface area contributed by atoms with Gasteiger partial charge in [-0.3, -0.25) is 14.6 Å². The summed E-state index contributed by atoms with van der Waals surface area (Å²) in [5.41, 5.74) is 0.953. The number of rotatable bonds is 6. The summed E-state index contributed by atoms with van der Waals surface area (Å²) in [7, 11) is 0. The van der Waals surface area contributed by atoms with Crippen molar-refractivity contribution in [3.63, 3.8) is 0 Å². The molecule has 3 rings (SSSR count). The molecular formula is C17H26N6O2. The molecule has 136 valence electrons. The van der Waals surface area contributed by atoms with Crippen LogP contribution in [0, 0.1) is 5.92 Å². The number of nitrogens with zero attached hydrogens (tertiary/aromatic N) is 4. The van der Waals surface area contributed by atoms with Crippen LogP contribution in [0.1, 0.15) is 69.5 Å². The van der Waals surface area contributed by atoms with Crippen molar-refractivity contribution in [1.29, 1.82) is 0 Å². The average Bonchev–Trinajstić information content (AvgIpc) is 3.30. The second-order valence-electron chi connectivity index (χ2n) is 6.99. The molecule has 0 radical (unpaired) electrons. The van der Waals surface area contributed by atoms with Crippen LogP contribution in [-0.2, 0) is 16.1 Å². The fourth-order valence-electron chi connectivity index (χ4n) is 3.08. The van der Waals surface area contributed by atoms with E-state index in [1.54, 1.807) is 6.20 Å². The minimum Gasteiger partial charge on any atom is -0.371 e. The Kier molecular flexibility index (Phi) is 5.17. The Labute approximate surface area is 147 Å². The first kappa shape index (κ1) is 17.6. The Bertz CT molecular complexity index is 720. The number of nitrogens with one attached hydrogen (secondary N) is 2. The van der Waals surface area contributed by atoms with Crippen LogP contribution < -0.4 is 5.32 Å². The summed E-state index contributed by atoms with van der Waals surface area (Å²) in [4.78, 5) is 17.1. The van der Waals surface area contributed by atoms with Gasteiger partial charge in [0.2, 0.25) is 5.91 Å². The Morgan fingerprint density at radius 1 is 1.44 bits per heavy atom. The maximum atomic E-state index is 12.7. The molecule has 1 amide bonds. The lowest BCUT2D eigenvalue weighted by molar-refractivity contribution is -0.127. The van der Waals surface area contributed by atoms with Crippen molar-refractivity contribution in [2.75, 3.05) is 6.61 Å². The molecule has 0 saturated carbocycles.